The summed E-state index contributed by atoms with van der Waals surface area (Å²) < 4.78 is 50.6. The first-order valence-electron chi connectivity index (χ1n) is 12.2. The zero-order valence-corrected chi connectivity index (χ0v) is 20.5. The molecule has 0 saturated carbocycles. The normalized spacial score (nSPS) is 23.8. The molecule has 6 rings (SSSR count). The van der Waals surface area contributed by atoms with Crippen molar-refractivity contribution in [2.75, 3.05) is 5.32 Å². The van der Waals surface area contributed by atoms with Crippen molar-refractivity contribution in [3.63, 3.8) is 0 Å². The number of anilines is 1. The van der Waals surface area contributed by atoms with Crippen LogP contribution in [0.5, 0.6) is 11.8 Å². The van der Waals surface area contributed by atoms with Gasteiger partial charge in [0.2, 0.25) is 23.6 Å². The molecule has 3 amide bonds. The molecule has 0 radical (unpaired) electrons. The lowest BCUT2D eigenvalue weighted by Gasteiger charge is -2.17. The maximum absolute atomic E-state index is 12.9. The number of carbonyl (C=O) groups is 3. The number of aromatic nitrogens is 3. The monoisotopic (exact) mass is 541 g/mol. The number of alkyl halides is 3. The van der Waals surface area contributed by atoms with Gasteiger partial charge in [0, 0.05) is 24.7 Å². The number of nitrogens with one attached hydrogen (secondary N) is 1. The van der Waals surface area contributed by atoms with Gasteiger partial charge in [-0.2, -0.15) is 18.3 Å². The fourth-order valence-corrected chi connectivity index (χ4v) is 5.38. The van der Waals surface area contributed by atoms with E-state index >= 15 is 0 Å². The fraction of sp³-hybridized carbons (Fsp3) is 0.346. The van der Waals surface area contributed by atoms with Crippen LogP contribution in [0.15, 0.2) is 48.7 Å². The Morgan fingerprint density at radius 3 is 2.31 bits per heavy atom. The summed E-state index contributed by atoms with van der Waals surface area (Å²) in [5.74, 6) is -1.69. The molecular weight excluding hydrogens is 519 g/mol. The molecule has 3 saturated heterocycles. The van der Waals surface area contributed by atoms with Crippen LogP contribution in [0, 0.1) is 11.8 Å². The van der Waals surface area contributed by atoms with Crippen LogP contribution in [0.1, 0.15) is 34.5 Å². The van der Waals surface area contributed by atoms with E-state index in [-0.39, 0.29) is 54.2 Å². The number of nitrogens with zero attached hydrogens (tertiary/aromatic N) is 4. The highest BCUT2D eigenvalue weighted by molar-refractivity contribution is 6.06. The van der Waals surface area contributed by atoms with E-state index < -0.39 is 17.8 Å². The number of amides is 3. The van der Waals surface area contributed by atoms with E-state index in [1.807, 2.05) is 0 Å². The summed E-state index contributed by atoms with van der Waals surface area (Å²) in [6.45, 7) is 0.137. The molecule has 2 bridgehead atoms. The number of imide groups is 1. The summed E-state index contributed by atoms with van der Waals surface area (Å²) in [6, 6.07) is 10.2. The molecular formula is C26H22F3N5O5. The number of halogens is 3. The van der Waals surface area contributed by atoms with Crippen LogP contribution in [-0.4, -0.2) is 49.6 Å². The molecule has 1 N–H and O–H groups in total. The van der Waals surface area contributed by atoms with E-state index in [1.165, 1.54) is 30.3 Å². The number of hydrogen-bond acceptors (Lipinski definition) is 7. The van der Waals surface area contributed by atoms with Crippen molar-refractivity contribution in [1.29, 1.82) is 0 Å². The van der Waals surface area contributed by atoms with Gasteiger partial charge in [0.15, 0.2) is 5.69 Å². The smallest absolute Gasteiger partial charge is 0.421 e. The largest absolute Gasteiger partial charge is 0.435 e. The van der Waals surface area contributed by atoms with Gasteiger partial charge >= 0.3 is 6.18 Å². The van der Waals surface area contributed by atoms with Crippen LogP contribution in [-0.2, 0) is 34.1 Å². The summed E-state index contributed by atoms with van der Waals surface area (Å²) in [4.78, 5) is 43.7. The highest BCUT2D eigenvalue weighted by Gasteiger charge is 2.62. The second-order valence-corrected chi connectivity index (χ2v) is 9.73. The summed E-state index contributed by atoms with van der Waals surface area (Å²) in [7, 11) is 1.31. The average Bonchev–Trinajstić information content (AvgIpc) is 3.67. The van der Waals surface area contributed by atoms with Crippen molar-refractivity contribution in [2.24, 2.45) is 18.9 Å². The van der Waals surface area contributed by atoms with E-state index in [1.54, 1.807) is 24.3 Å². The summed E-state index contributed by atoms with van der Waals surface area (Å²) in [5, 5.41) is 6.05. The van der Waals surface area contributed by atoms with Gasteiger partial charge in [0.1, 0.15) is 0 Å². The number of carbonyl (C=O) groups excluding carboxylic acids is 3. The third-order valence-corrected chi connectivity index (χ3v) is 7.26. The number of rotatable bonds is 6. The molecule has 0 spiro atoms. The van der Waals surface area contributed by atoms with Crippen molar-refractivity contribution in [3.8, 4) is 11.8 Å². The van der Waals surface area contributed by atoms with Gasteiger partial charge in [-0.25, -0.2) is 9.67 Å². The molecule has 4 atom stereocenters. The van der Waals surface area contributed by atoms with Crippen LogP contribution in [0.2, 0.25) is 0 Å². The van der Waals surface area contributed by atoms with Gasteiger partial charge in [0.05, 0.1) is 42.5 Å². The van der Waals surface area contributed by atoms with Crippen molar-refractivity contribution in [1.82, 2.24) is 19.7 Å². The van der Waals surface area contributed by atoms with Gasteiger partial charge in [-0.3, -0.25) is 19.3 Å². The molecule has 10 nitrogen and oxygen atoms in total. The Morgan fingerprint density at radius 2 is 1.74 bits per heavy atom. The number of likely N-dealkylation sites (tertiary alicyclic amines) is 1. The van der Waals surface area contributed by atoms with Crippen molar-refractivity contribution in [3.05, 3.63) is 65.5 Å². The zero-order chi connectivity index (χ0) is 27.5. The van der Waals surface area contributed by atoms with Crippen LogP contribution in [0.4, 0.5) is 18.9 Å². The second kappa shape index (κ2) is 9.19. The third-order valence-electron chi connectivity index (χ3n) is 7.26. The maximum atomic E-state index is 12.9. The van der Waals surface area contributed by atoms with Gasteiger partial charge in [-0.05, 0) is 36.6 Å². The fourth-order valence-electron chi connectivity index (χ4n) is 5.38. The topological polar surface area (TPSA) is 116 Å². The van der Waals surface area contributed by atoms with E-state index in [4.69, 9.17) is 9.47 Å². The molecule has 3 aliphatic rings. The Labute approximate surface area is 219 Å². The van der Waals surface area contributed by atoms with Gasteiger partial charge < -0.3 is 14.8 Å². The van der Waals surface area contributed by atoms with Crippen molar-refractivity contribution >= 4 is 23.4 Å². The summed E-state index contributed by atoms with van der Waals surface area (Å²) in [6.07, 6.45) is -2.01. The minimum Gasteiger partial charge on any atom is -0.421 e. The second-order valence-electron chi connectivity index (χ2n) is 9.73. The van der Waals surface area contributed by atoms with E-state index in [9.17, 15) is 27.6 Å². The number of aryl methyl sites for hydroxylation is 1. The standard InChI is InChI=1S/C26H22F3N5O5/c1-33-20(10-18(32-33)26(27,28)29)39-19-9-6-15(11-30-19)31-23(35)14-4-2-13(3-5-14)12-34-24(36)21-16-7-8-17(38-16)22(21)25(34)37/h2-6,9-11,16-17,21-22H,7-8,12H2,1H3,(H,31,35). The Bertz CT molecular complexity index is 1430. The first-order valence-corrected chi connectivity index (χ1v) is 12.2. The Balaban J connectivity index is 1.06. The number of benzene rings is 1. The van der Waals surface area contributed by atoms with E-state index in [0.29, 0.717) is 16.8 Å². The quantitative estimate of drug-likeness (QED) is 0.475. The van der Waals surface area contributed by atoms with Gasteiger partial charge in [-0.15, -0.1) is 0 Å². The Morgan fingerprint density at radius 1 is 1.08 bits per heavy atom. The molecule has 13 heteroatoms. The molecule has 0 aliphatic carbocycles. The van der Waals surface area contributed by atoms with Crippen LogP contribution in [0.25, 0.3) is 0 Å². The number of hydrogen-bond donors (Lipinski definition) is 1. The molecule has 3 aliphatic heterocycles. The highest BCUT2D eigenvalue weighted by Crippen LogP contribution is 2.48. The average molecular weight is 541 g/mol. The summed E-state index contributed by atoms with van der Waals surface area (Å²) in [5.41, 5.74) is 0.316. The first-order chi connectivity index (χ1) is 18.6. The molecule has 39 heavy (non-hydrogen) atoms. The highest BCUT2D eigenvalue weighted by atomic mass is 19.4. The molecule has 1 aromatic carbocycles. The third kappa shape index (κ3) is 4.52. The zero-order valence-electron chi connectivity index (χ0n) is 20.5. The lowest BCUT2D eigenvalue weighted by Crippen LogP contribution is -2.33. The number of ether oxygens (including phenoxy) is 2. The van der Waals surface area contributed by atoms with Crippen molar-refractivity contribution < 1.29 is 37.0 Å². The molecule has 202 valence electrons. The minimum atomic E-state index is -4.60. The van der Waals surface area contributed by atoms with Crippen LogP contribution in [0.3, 0.4) is 0 Å². The number of pyridine rings is 1. The van der Waals surface area contributed by atoms with Crippen molar-refractivity contribution in [2.45, 2.75) is 37.8 Å². The lowest BCUT2D eigenvalue weighted by molar-refractivity contribution is -0.143. The Kier molecular flexibility index (Phi) is 5.90. The van der Waals surface area contributed by atoms with Crippen LogP contribution >= 0.6 is 0 Å². The maximum Gasteiger partial charge on any atom is 0.435 e. The van der Waals surface area contributed by atoms with E-state index in [2.05, 4.69) is 15.4 Å². The van der Waals surface area contributed by atoms with Gasteiger partial charge in [0.25, 0.3) is 5.91 Å². The lowest BCUT2D eigenvalue weighted by atomic mass is 9.81. The predicted octanol–water partition coefficient (Wildman–Crippen LogP) is 3.54. The van der Waals surface area contributed by atoms with E-state index in [0.717, 1.165) is 23.6 Å². The molecule has 2 aromatic heterocycles. The van der Waals surface area contributed by atoms with Crippen LogP contribution < -0.4 is 10.1 Å². The molecule has 3 fully saturated rings. The summed E-state index contributed by atoms with van der Waals surface area (Å²) >= 11 is 0. The minimum absolute atomic E-state index is 0.0174. The first kappa shape index (κ1) is 25.0. The Hall–Kier alpha value is -4.26. The molecule has 5 heterocycles. The molecule has 3 aromatic rings. The SMILES string of the molecule is Cn1nc(C(F)(F)F)cc1Oc1ccc(NC(=O)c2ccc(CN3C(=O)C4C5CCC(O5)C4C3=O)cc2)cn1. The predicted molar refractivity (Wildman–Crippen MR) is 127 cm³/mol. The molecule has 4 unspecified atom stereocenters. The van der Waals surface area contributed by atoms with Gasteiger partial charge in [-0.1, -0.05) is 12.1 Å². The number of fused-ring (bicyclic) bond motifs is 5.